The summed E-state index contributed by atoms with van der Waals surface area (Å²) in [7, 11) is 0. The van der Waals surface area contributed by atoms with Gasteiger partial charge >= 0.3 is 0 Å². The molecule has 4 heteroatoms. The van der Waals surface area contributed by atoms with Crippen LogP contribution < -0.4 is 0 Å². The highest BCUT2D eigenvalue weighted by Crippen LogP contribution is 2.33. The molecule has 4 nitrogen and oxygen atoms in total. The Morgan fingerprint density at radius 2 is 1.41 bits per heavy atom. The minimum Gasteiger partial charge on any atom is -0.293 e. The first-order valence-electron chi connectivity index (χ1n) is 7.15. The van der Waals surface area contributed by atoms with Crippen molar-refractivity contribution >= 4 is 39.1 Å². The highest BCUT2D eigenvalue weighted by atomic mass is 16.2. The van der Waals surface area contributed by atoms with Crippen LogP contribution in [0.5, 0.6) is 0 Å². The SMILES string of the molecule is CC(=O)c1c2ccccc2c2n(C(C)=O)c3ccccc3n12. The predicted octanol–water partition coefficient (Wildman–Crippen LogP) is 3.91. The second-order valence-electron chi connectivity index (χ2n) is 5.45. The van der Waals surface area contributed by atoms with Crippen LogP contribution in [0.3, 0.4) is 0 Å². The number of carbonyl (C=O) groups is 2. The van der Waals surface area contributed by atoms with Gasteiger partial charge in [-0.1, -0.05) is 36.4 Å². The number of para-hydroxylation sites is 2. The van der Waals surface area contributed by atoms with E-state index in [-0.39, 0.29) is 11.7 Å². The van der Waals surface area contributed by atoms with Gasteiger partial charge in [0.15, 0.2) is 5.78 Å². The summed E-state index contributed by atoms with van der Waals surface area (Å²) in [6.07, 6.45) is 0. The van der Waals surface area contributed by atoms with E-state index in [9.17, 15) is 9.59 Å². The summed E-state index contributed by atoms with van der Waals surface area (Å²) < 4.78 is 3.59. The molecule has 0 aliphatic rings. The maximum absolute atomic E-state index is 12.2. The number of hydrogen-bond donors (Lipinski definition) is 0. The molecular formula is C18H14N2O2. The molecule has 4 rings (SSSR count). The van der Waals surface area contributed by atoms with Crippen LogP contribution in [0.1, 0.15) is 29.1 Å². The number of hydrogen-bond acceptors (Lipinski definition) is 2. The van der Waals surface area contributed by atoms with E-state index in [2.05, 4.69) is 0 Å². The number of rotatable bonds is 1. The summed E-state index contributed by atoms with van der Waals surface area (Å²) in [5, 5.41) is 1.80. The Morgan fingerprint density at radius 1 is 0.818 bits per heavy atom. The average Bonchev–Trinajstić information content (AvgIpc) is 2.99. The van der Waals surface area contributed by atoms with Crippen molar-refractivity contribution in [1.29, 1.82) is 0 Å². The summed E-state index contributed by atoms with van der Waals surface area (Å²) in [5.74, 6) is -0.0767. The quantitative estimate of drug-likeness (QED) is 0.499. The van der Waals surface area contributed by atoms with Crippen molar-refractivity contribution in [2.75, 3.05) is 0 Å². The van der Waals surface area contributed by atoms with Gasteiger partial charge in [0.05, 0.1) is 16.7 Å². The van der Waals surface area contributed by atoms with Crippen molar-refractivity contribution in [2.24, 2.45) is 0 Å². The van der Waals surface area contributed by atoms with E-state index in [4.69, 9.17) is 0 Å². The number of benzene rings is 2. The van der Waals surface area contributed by atoms with Gasteiger partial charge in [-0.15, -0.1) is 0 Å². The monoisotopic (exact) mass is 290 g/mol. The minimum atomic E-state index is -0.0652. The van der Waals surface area contributed by atoms with E-state index in [1.54, 1.807) is 18.4 Å². The Hall–Kier alpha value is -2.88. The lowest BCUT2D eigenvalue weighted by Crippen LogP contribution is -2.05. The Labute approximate surface area is 126 Å². The van der Waals surface area contributed by atoms with Crippen molar-refractivity contribution in [1.82, 2.24) is 8.97 Å². The summed E-state index contributed by atoms with van der Waals surface area (Å²) in [4.78, 5) is 24.5. The number of carbonyl (C=O) groups excluding carboxylic acids is 2. The Balaban J connectivity index is 2.44. The molecule has 22 heavy (non-hydrogen) atoms. The van der Waals surface area contributed by atoms with E-state index in [0.717, 1.165) is 27.5 Å². The third kappa shape index (κ3) is 1.46. The molecule has 2 heterocycles. The fraction of sp³-hybridized carbons (Fsp3) is 0.111. The number of nitrogens with zero attached hydrogens (tertiary/aromatic N) is 2. The number of ketones is 1. The van der Waals surface area contributed by atoms with Crippen LogP contribution >= 0.6 is 0 Å². The minimum absolute atomic E-state index is 0.0114. The van der Waals surface area contributed by atoms with Crippen LogP contribution in [0.4, 0.5) is 0 Å². The summed E-state index contributed by atoms with van der Waals surface area (Å²) in [5.41, 5.74) is 3.07. The first-order valence-corrected chi connectivity index (χ1v) is 7.15. The number of imidazole rings is 1. The van der Waals surface area contributed by atoms with E-state index >= 15 is 0 Å². The predicted molar refractivity (Wildman–Crippen MR) is 86.7 cm³/mol. The lowest BCUT2D eigenvalue weighted by molar-refractivity contribution is 0.0944. The molecular weight excluding hydrogens is 276 g/mol. The molecule has 2 aromatic heterocycles. The molecule has 2 aromatic carbocycles. The third-order valence-electron chi connectivity index (χ3n) is 4.08. The maximum atomic E-state index is 12.2. The summed E-state index contributed by atoms with van der Waals surface area (Å²) in [6, 6.07) is 15.4. The lowest BCUT2D eigenvalue weighted by Gasteiger charge is -2.00. The summed E-state index contributed by atoms with van der Waals surface area (Å²) in [6.45, 7) is 3.11. The van der Waals surface area contributed by atoms with Crippen molar-refractivity contribution in [3.63, 3.8) is 0 Å². The molecule has 0 N–H and O–H groups in total. The van der Waals surface area contributed by atoms with E-state index < -0.39 is 0 Å². The lowest BCUT2D eigenvalue weighted by atomic mass is 10.1. The highest BCUT2D eigenvalue weighted by Gasteiger charge is 2.22. The molecule has 0 aliphatic heterocycles. The zero-order chi connectivity index (χ0) is 15.4. The fourth-order valence-electron chi connectivity index (χ4n) is 3.31. The number of fused-ring (bicyclic) bond motifs is 5. The van der Waals surface area contributed by atoms with Gasteiger partial charge in [0, 0.05) is 24.6 Å². The molecule has 108 valence electrons. The van der Waals surface area contributed by atoms with Crippen LogP contribution in [-0.4, -0.2) is 20.7 Å². The molecule has 0 spiro atoms. The topological polar surface area (TPSA) is 43.5 Å². The van der Waals surface area contributed by atoms with Gasteiger partial charge in [-0.25, -0.2) is 0 Å². The van der Waals surface area contributed by atoms with Crippen LogP contribution in [0.15, 0.2) is 48.5 Å². The van der Waals surface area contributed by atoms with E-state index in [0.29, 0.717) is 5.69 Å². The van der Waals surface area contributed by atoms with Gasteiger partial charge in [0.1, 0.15) is 5.65 Å². The first-order chi connectivity index (χ1) is 10.6. The van der Waals surface area contributed by atoms with Gasteiger partial charge in [0.25, 0.3) is 0 Å². The zero-order valence-corrected chi connectivity index (χ0v) is 12.3. The second kappa shape index (κ2) is 4.31. The van der Waals surface area contributed by atoms with Crippen LogP contribution in [0.25, 0.3) is 27.5 Å². The molecule has 0 aliphatic carbocycles. The van der Waals surface area contributed by atoms with Crippen molar-refractivity contribution in [3.05, 3.63) is 54.2 Å². The Morgan fingerprint density at radius 3 is 2.05 bits per heavy atom. The van der Waals surface area contributed by atoms with Crippen molar-refractivity contribution in [2.45, 2.75) is 13.8 Å². The normalized spacial score (nSPS) is 11.5. The molecule has 0 amide bonds. The molecule has 0 saturated heterocycles. The Bertz CT molecular complexity index is 995. The number of Topliss-reactive ketones (excluding diaryl/α,β-unsaturated/α-hetero) is 1. The smallest absolute Gasteiger partial charge is 0.229 e. The Kier molecular flexibility index (Phi) is 2.51. The molecule has 0 atom stereocenters. The third-order valence-corrected chi connectivity index (χ3v) is 4.08. The van der Waals surface area contributed by atoms with Crippen molar-refractivity contribution in [3.8, 4) is 0 Å². The molecule has 0 bridgehead atoms. The first kappa shape index (κ1) is 12.8. The largest absolute Gasteiger partial charge is 0.293 e. The average molecular weight is 290 g/mol. The van der Waals surface area contributed by atoms with Gasteiger partial charge in [-0.3, -0.25) is 18.6 Å². The van der Waals surface area contributed by atoms with E-state index in [1.807, 2.05) is 52.9 Å². The van der Waals surface area contributed by atoms with Crippen LogP contribution in [0, 0.1) is 0 Å². The second-order valence-corrected chi connectivity index (χ2v) is 5.45. The summed E-state index contributed by atoms with van der Waals surface area (Å²) >= 11 is 0. The molecule has 0 fully saturated rings. The maximum Gasteiger partial charge on any atom is 0.229 e. The molecule has 0 saturated carbocycles. The van der Waals surface area contributed by atoms with E-state index in [1.165, 1.54) is 0 Å². The van der Waals surface area contributed by atoms with Gasteiger partial charge in [0.2, 0.25) is 5.91 Å². The van der Waals surface area contributed by atoms with Gasteiger partial charge < -0.3 is 0 Å². The molecule has 4 aromatic rings. The van der Waals surface area contributed by atoms with Gasteiger partial charge in [-0.2, -0.15) is 0 Å². The van der Waals surface area contributed by atoms with Crippen LogP contribution in [0.2, 0.25) is 0 Å². The highest BCUT2D eigenvalue weighted by molar-refractivity contribution is 6.16. The molecule has 0 radical (unpaired) electrons. The van der Waals surface area contributed by atoms with Crippen LogP contribution in [-0.2, 0) is 0 Å². The van der Waals surface area contributed by atoms with Crippen molar-refractivity contribution < 1.29 is 9.59 Å². The molecule has 0 unspecified atom stereocenters. The van der Waals surface area contributed by atoms with Gasteiger partial charge in [-0.05, 0) is 12.1 Å². The fourth-order valence-corrected chi connectivity index (χ4v) is 3.31. The standard InChI is InChI=1S/C18H14N2O2/c1-11(21)17-13-7-3-4-8-14(13)18-19(12(2)22)15-9-5-6-10-16(15)20(17)18/h3-10H,1-2H3. The number of aromatic nitrogens is 2. The zero-order valence-electron chi connectivity index (χ0n) is 12.3.